The Morgan fingerprint density at radius 1 is 1.09 bits per heavy atom. The number of ether oxygens (including phenoxy) is 2. The summed E-state index contributed by atoms with van der Waals surface area (Å²) in [4.78, 5) is 34.6. The van der Waals surface area contributed by atoms with Crippen LogP contribution in [0.25, 0.3) is 33.1 Å². The fourth-order valence-corrected chi connectivity index (χ4v) is 8.13. The van der Waals surface area contributed by atoms with Crippen molar-refractivity contribution in [3.63, 3.8) is 0 Å². The molecule has 47 heavy (non-hydrogen) atoms. The first kappa shape index (κ1) is 33.5. The van der Waals surface area contributed by atoms with Gasteiger partial charge in [0.25, 0.3) is 5.56 Å². The summed E-state index contributed by atoms with van der Waals surface area (Å²) in [6.45, 7) is 13.5. The zero-order valence-electron chi connectivity index (χ0n) is 28.9. The average molecular weight is 682 g/mol. The molecule has 0 spiro atoms. The number of amides is 1. The van der Waals surface area contributed by atoms with Gasteiger partial charge < -0.3 is 24.3 Å². The van der Waals surface area contributed by atoms with Crippen molar-refractivity contribution >= 4 is 53.7 Å². The van der Waals surface area contributed by atoms with Crippen LogP contribution in [0.2, 0.25) is 30.7 Å². The molecule has 4 aromatic rings. The van der Waals surface area contributed by atoms with Crippen LogP contribution in [0.3, 0.4) is 0 Å². The third-order valence-corrected chi connectivity index (χ3v) is 11.4. The van der Waals surface area contributed by atoms with Gasteiger partial charge in [-0.1, -0.05) is 37.3 Å². The largest absolute Gasteiger partial charge is 0.444 e. The lowest BCUT2D eigenvalue weighted by molar-refractivity contribution is 0.0482. The van der Waals surface area contributed by atoms with Crippen LogP contribution >= 0.6 is 11.6 Å². The summed E-state index contributed by atoms with van der Waals surface area (Å²) in [5, 5.41) is 9.51. The molecule has 2 aliphatic heterocycles. The van der Waals surface area contributed by atoms with Crippen molar-refractivity contribution in [2.45, 2.75) is 109 Å². The summed E-state index contributed by atoms with van der Waals surface area (Å²) in [5.41, 5.74) is 2.18. The molecule has 2 saturated heterocycles. The predicted octanol–water partition coefficient (Wildman–Crippen LogP) is 6.67. The number of anilines is 1. The second-order valence-electron chi connectivity index (χ2n) is 15.5. The van der Waals surface area contributed by atoms with E-state index in [1.807, 2.05) is 64.0 Å². The third kappa shape index (κ3) is 6.96. The van der Waals surface area contributed by atoms with Crippen LogP contribution in [0.1, 0.15) is 52.9 Å². The number of halogens is 1. The second-order valence-corrected chi connectivity index (χ2v) is 21.5. The van der Waals surface area contributed by atoms with E-state index < -0.39 is 13.7 Å². The minimum absolute atomic E-state index is 0.00285. The van der Waals surface area contributed by atoms with Crippen molar-refractivity contribution in [1.29, 1.82) is 0 Å². The van der Waals surface area contributed by atoms with Crippen LogP contribution in [-0.2, 0) is 30.3 Å². The van der Waals surface area contributed by atoms with Crippen LogP contribution < -0.4 is 15.8 Å². The number of carbonyl (C=O) groups is 1. The summed E-state index contributed by atoms with van der Waals surface area (Å²) in [7, 11) is 2.39. The quantitative estimate of drug-likeness (QED) is 0.164. The Balaban J connectivity index is 1.40. The molecule has 254 valence electrons. The van der Waals surface area contributed by atoms with Gasteiger partial charge in [0.15, 0.2) is 5.65 Å². The molecule has 1 aromatic carbocycles. The number of nitrogens with zero attached hydrogens (tertiary/aromatic N) is 6. The van der Waals surface area contributed by atoms with E-state index in [0.717, 1.165) is 60.2 Å². The van der Waals surface area contributed by atoms with Crippen LogP contribution in [0.4, 0.5) is 10.7 Å². The van der Waals surface area contributed by atoms with E-state index in [4.69, 9.17) is 26.1 Å². The number of nitrogens with one attached hydrogen (secondary N) is 1. The summed E-state index contributed by atoms with van der Waals surface area (Å²) in [5.74, 6) is 0.648. The molecule has 0 radical (unpaired) electrons. The summed E-state index contributed by atoms with van der Waals surface area (Å²) in [6.07, 6.45) is 8.01. The number of fused-ring (bicyclic) bond motifs is 4. The van der Waals surface area contributed by atoms with Crippen LogP contribution in [0, 0.1) is 0 Å². The van der Waals surface area contributed by atoms with Crippen molar-refractivity contribution < 1.29 is 14.3 Å². The molecule has 0 saturated carbocycles. The average Bonchev–Trinajstić information content (AvgIpc) is 3.51. The number of hydrogen-bond donors (Lipinski definition) is 1. The molecule has 0 unspecified atom stereocenters. The SMILES string of the molecule is Cn1cc2c(Cl)c(-c3cn(COCC[Si](C)(C)C)c4nc(N5[C@@H]6CCC[C@H]5C[C@H](NC(=O)OC(C)(C)C)C6)n(C)c(=O)c34)ccc2n1. The number of alkyl carbamates (subject to hydrolysis) is 1. The minimum Gasteiger partial charge on any atom is -0.444 e. The molecule has 1 amide bonds. The number of piperidine rings is 2. The molecule has 3 aromatic heterocycles. The number of aromatic nitrogens is 5. The van der Waals surface area contributed by atoms with Crippen molar-refractivity contribution in [2.24, 2.45) is 14.1 Å². The van der Waals surface area contributed by atoms with Crippen LogP contribution in [0.5, 0.6) is 0 Å². The van der Waals surface area contributed by atoms with E-state index in [1.165, 1.54) is 0 Å². The lowest BCUT2D eigenvalue weighted by atomic mass is 9.82. The first-order valence-corrected chi connectivity index (χ1v) is 20.8. The standard InChI is InChI=1S/C34H48ClN7O4Si/c1-34(2,3)46-33(44)36-21-16-22-10-9-11-23(17-21)42(22)32-37-30-28(31(43)40(32)5)25(19-41(30)20-45-14-15-47(6,7)8)24-12-13-27-26(29(24)35)18-39(4)38-27/h12-13,18-19,21-23H,9-11,14-17,20H2,1-8H3,(H,36,44)/t21-,22-,23+. The molecule has 3 atom stereocenters. The molecule has 2 bridgehead atoms. The first-order valence-electron chi connectivity index (χ1n) is 16.7. The van der Waals surface area contributed by atoms with Gasteiger partial charge in [0, 0.05) is 75.8 Å². The lowest BCUT2D eigenvalue weighted by Gasteiger charge is -2.49. The Morgan fingerprint density at radius 2 is 1.79 bits per heavy atom. The predicted molar refractivity (Wildman–Crippen MR) is 190 cm³/mol. The van der Waals surface area contributed by atoms with Crippen LogP contribution in [-0.4, -0.2) is 68.4 Å². The molecule has 5 heterocycles. The zero-order valence-corrected chi connectivity index (χ0v) is 30.6. The van der Waals surface area contributed by atoms with Gasteiger partial charge in [-0.3, -0.25) is 14.0 Å². The van der Waals surface area contributed by atoms with Crippen molar-refractivity contribution in [3.8, 4) is 11.1 Å². The molecule has 6 rings (SSSR count). The van der Waals surface area contributed by atoms with Gasteiger partial charge in [-0.05, 0) is 65.0 Å². The molecule has 0 aliphatic carbocycles. The Hall–Kier alpha value is -3.35. The second kappa shape index (κ2) is 12.6. The Morgan fingerprint density at radius 3 is 2.45 bits per heavy atom. The lowest BCUT2D eigenvalue weighted by Crippen LogP contribution is -2.58. The van der Waals surface area contributed by atoms with E-state index >= 15 is 0 Å². The van der Waals surface area contributed by atoms with Gasteiger partial charge in [0.1, 0.15) is 12.3 Å². The van der Waals surface area contributed by atoms with Gasteiger partial charge in [0.05, 0.1) is 15.9 Å². The number of carbonyl (C=O) groups excluding carboxylic acids is 1. The maximum Gasteiger partial charge on any atom is 0.407 e. The van der Waals surface area contributed by atoms with E-state index in [0.29, 0.717) is 28.6 Å². The minimum atomic E-state index is -1.29. The topological polar surface area (TPSA) is 108 Å². The summed E-state index contributed by atoms with van der Waals surface area (Å²) >= 11 is 7.01. The van der Waals surface area contributed by atoms with E-state index in [-0.39, 0.29) is 36.5 Å². The fraction of sp³-hybridized carbons (Fsp3) is 0.588. The number of rotatable bonds is 8. The number of benzene rings is 1. The Labute approximate surface area is 282 Å². The highest BCUT2D eigenvalue weighted by molar-refractivity contribution is 6.76. The summed E-state index contributed by atoms with van der Waals surface area (Å²) < 4.78 is 17.1. The van der Waals surface area contributed by atoms with Crippen LogP contribution in [0.15, 0.2) is 29.3 Å². The highest BCUT2D eigenvalue weighted by Crippen LogP contribution is 2.40. The molecular formula is C34H48ClN7O4Si. The maximum atomic E-state index is 14.4. The maximum absolute atomic E-state index is 14.4. The third-order valence-electron chi connectivity index (χ3n) is 9.26. The summed E-state index contributed by atoms with van der Waals surface area (Å²) in [6, 6.07) is 5.18. The number of aryl methyl sites for hydroxylation is 1. The Kier molecular flexibility index (Phi) is 8.99. The van der Waals surface area contributed by atoms with E-state index in [1.54, 1.807) is 9.25 Å². The Bertz CT molecular complexity index is 1850. The zero-order chi connectivity index (χ0) is 33.8. The molecule has 2 fully saturated rings. The fourth-order valence-electron chi connectivity index (χ4n) is 7.07. The van der Waals surface area contributed by atoms with Gasteiger partial charge in [0.2, 0.25) is 5.95 Å². The van der Waals surface area contributed by atoms with Gasteiger partial charge in [-0.25, -0.2) is 4.79 Å². The molecule has 2 aliphatic rings. The highest BCUT2D eigenvalue weighted by atomic mass is 35.5. The number of hydrogen-bond acceptors (Lipinski definition) is 7. The first-order chi connectivity index (χ1) is 22.1. The monoisotopic (exact) mass is 681 g/mol. The normalized spacial score (nSPS) is 20.3. The van der Waals surface area contributed by atoms with Crippen molar-refractivity contribution in [2.75, 3.05) is 11.5 Å². The van der Waals surface area contributed by atoms with E-state index in [2.05, 4.69) is 35.0 Å². The van der Waals surface area contributed by atoms with Gasteiger partial charge in [-0.2, -0.15) is 10.1 Å². The van der Waals surface area contributed by atoms with Crippen molar-refractivity contribution in [3.05, 3.63) is 39.9 Å². The molecular weight excluding hydrogens is 634 g/mol. The molecule has 11 nitrogen and oxygen atoms in total. The van der Waals surface area contributed by atoms with Gasteiger partial charge in [-0.15, -0.1) is 0 Å². The van der Waals surface area contributed by atoms with Crippen molar-refractivity contribution in [1.82, 2.24) is 29.2 Å². The molecule has 1 N–H and O–H groups in total. The molecule has 13 heteroatoms. The smallest absolute Gasteiger partial charge is 0.407 e. The van der Waals surface area contributed by atoms with E-state index in [9.17, 15) is 9.59 Å². The van der Waals surface area contributed by atoms with Gasteiger partial charge >= 0.3 is 6.09 Å². The highest BCUT2D eigenvalue weighted by Gasteiger charge is 2.41.